The maximum Gasteiger partial charge on any atom is 0.411 e. The number of hydrogen-bond donors (Lipinski definition) is 1. The molecule has 1 N–H and O–H groups in total. The maximum absolute atomic E-state index is 12.0. The van der Waals surface area contributed by atoms with Gasteiger partial charge < -0.3 is 15.0 Å². The number of hydrogen-bond acceptors (Lipinski definition) is 4. The average Bonchev–Trinajstić information content (AvgIpc) is 2.64. The summed E-state index contributed by atoms with van der Waals surface area (Å²) in [6.07, 6.45) is -4.45. The fourth-order valence-electron chi connectivity index (χ4n) is 3.02. The summed E-state index contributed by atoms with van der Waals surface area (Å²) in [5.41, 5.74) is 2.19. The Bertz CT molecular complexity index is 588. The van der Waals surface area contributed by atoms with E-state index in [0.29, 0.717) is 6.54 Å². The first-order valence-corrected chi connectivity index (χ1v) is 9.30. The Balaban J connectivity index is 1.76. The minimum atomic E-state index is -4.36. The Morgan fingerprint density at radius 2 is 1.74 bits per heavy atom. The lowest BCUT2D eigenvalue weighted by Gasteiger charge is -2.34. The Kier molecular flexibility index (Phi) is 8.53. The molecule has 27 heavy (non-hydrogen) atoms. The Morgan fingerprint density at radius 3 is 2.37 bits per heavy atom. The lowest BCUT2D eigenvalue weighted by molar-refractivity contribution is -0.174. The van der Waals surface area contributed by atoms with E-state index in [1.807, 2.05) is 18.2 Å². The Labute approximate surface area is 158 Å². The third kappa shape index (κ3) is 8.28. The van der Waals surface area contributed by atoms with Gasteiger partial charge in [0.1, 0.15) is 6.61 Å². The zero-order chi connectivity index (χ0) is 19.7. The number of benzene rings is 1. The summed E-state index contributed by atoms with van der Waals surface area (Å²) in [7, 11) is 0. The van der Waals surface area contributed by atoms with E-state index in [9.17, 15) is 18.0 Å². The molecule has 1 fully saturated rings. The molecule has 1 amide bonds. The van der Waals surface area contributed by atoms with Crippen LogP contribution in [0, 0.1) is 0 Å². The summed E-state index contributed by atoms with van der Waals surface area (Å²) in [5.74, 6) is -0.316. The van der Waals surface area contributed by atoms with Crippen molar-refractivity contribution in [2.75, 3.05) is 45.9 Å². The zero-order valence-corrected chi connectivity index (χ0v) is 15.7. The first-order chi connectivity index (χ1) is 12.9. The lowest BCUT2D eigenvalue weighted by Crippen LogP contribution is -2.45. The van der Waals surface area contributed by atoms with Gasteiger partial charge in [-0.05, 0) is 17.7 Å². The van der Waals surface area contributed by atoms with Crippen LogP contribution < -0.4 is 5.32 Å². The maximum atomic E-state index is 12.0. The SMILES string of the molecule is CCN1CCN(Cc2ccccc2CNC(=O)CCOCC(F)(F)F)CC1. The number of piperazine rings is 1. The van der Waals surface area contributed by atoms with Crippen molar-refractivity contribution in [2.24, 2.45) is 0 Å². The molecule has 1 aromatic carbocycles. The molecule has 1 saturated heterocycles. The molecule has 1 heterocycles. The lowest BCUT2D eigenvalue weighted by atomic mass is 10.1. The minimum absolute atomic E-state index is 0.0861. The molecule has 0 aromatic heterocycles. The average molecular weight is 387 g/mol. The number of carbonyl (C=O) groups excluding carboxylic acids is 1. The molecule has 0 aliphatic carbocycles. The molecular weight excluding hydrogens is 359 g/mol. The molecule has 2 rings (SSSR count). The van der Waals surface area contributed by atoms with Gasteiger partial charge in [-0.3, -0.25) is 9.69 Å². The van der Waals surface area contributed by atoms with Crippen LogP contribution in [-0.4, -0.2) is 67.8 Å². The molecule has 0 unspecified atom stereocenters. The summed E-state index contributed by atoms with van der Waals surface area (Å²) in [4.78, 5) is 16.6. The number of rotatable bonds is 9. The molecule has 152 valence electrons. The number of halogens is 3. The van der Waals surface area contributed by atoms with Crippen molar-refractivity contribution >= 4 is 5.91 Å². The van der Waals surface area contributed by atoms with E-state index < -0.39 is 12.8 Å². The van der Waals surface area contributed by atoms with Crippen LogP contribution in [0.25, 0.3) is 0 Å². The van der Waals surface area contributed by atoms with Crippen LogP contribution in [0.2, 0.25) is 0 Å². The van der Waals surface area contributed by atoms with Gasteiger partial charge in [0.25, 0.3) is 0 Å². The van der Waals surface area contributed by atoms with Crippen molar-refractivity contribution in [1.82, 2.24) is 15.1 Å². The molecule has 0 spiro atoms. The fraction of sp³-hybridized carbons (Fsp3) is 0.632. The van der Waals surface area contributed by atoms with Crippen molar-refractivity contribution in [3.63, 3.8) is 0 Å². The smallest absolute Gasteiger partial charge is 0.372 e. The van der Waals surface area contributed by atoms with Gasteiger partial charge in [0, 0.05) is 45.7 Å². The predicted octanol–water partition coefficient (Wildman–Crippen LogP) is 2.41. The second-order valence-electron chi connectivity index (χ2n) is 6.67. The molecule has 0 bridgehead atoms. The standard InChI is InChI=1S/C19H28F3N3O2/c1-2-24-8-10-25(11-9-24)14-17-6-4-3-5-16(17)13-23-18(26)7-12-27-15-19(20,21)22/h3-6H,2,7-15H2,1H3,(H,23,26). The van der Waals surface area contributed by atoms with E-state index >= 15 is 0 Å². The first kappa shape index (κ1) is 21.7. The monoisotopic (exact) mass is 387 g/mol. The van der Waals surface area contributed by atoms with E-state index in [0.717, 1.165) is 50.4 Å². The quantitative estimate of drug-likeness (QED) is 0.661. The number of alkyl halides is 3. The minimum Gasteiger partial charge on any atom is -0.372 e. The third-order valence-corrected chi connectivity index (χ3v) is 4.64. The molecule has 1 aliphatic heterocycles. The summed E-state index contributed by atoms with van der Waals surface area (Å²) in [6.45, 7) is 7.03. The second-order valence-corrected chi connectivity index (χ2v) is 6.67. The van der Waals surface area contributed by atoms with Crippen LogP contribution in [0.15, 0.2) is 24.3 Å². The Hall–Kier alpha value is -1.64. The van der Waals surface area contributed by atoms with E-state index in [2.05, 4.69) is 32.8 Å². The van der Waals surface area contributed by atoms with Gasteiger partial charge in [-0.25, -0.2) is 0 Å². The normalized spacial score (nSPS) is 16.4. The highest BCUT2D eigenvalue weighted by Crippen LogP contribution is 2.15. The molecule has 8 heteroatoms. The molecule has 0 saturated carbocycles. The third-order valence-electron chi connectivity index (χ3n) is 4.64. The number of carbonyl (C=O) groups is 1. The second kappa shape index (κ2) is 10.6. The molecule has 0 radical (unpaired) electrons. The predicted molar refractivity (Wildman–Crippen MR) is 97.2 cm³/mol. The van der Waals surface area contributed by atoms with Crippen molar-refractivity contribution in [2.45, 2.75) is 32.6 Å². The van der Waals surface area contributed by atoms with Crippen molar-refractivity contribution < 1.29 is 22.7 Å². The van der Waals surface area contributed by atoms with Crippen LogP contribution in [-0.2, 0) is 22.6 Å². The van der Waals surface area contributed by atoms with Gasteiger partial charge in [0.2, 0.25) is 5.91 Å². The van der Waals surface area contributed by atoms with Crippen molar-refractivity contribution in [3.8, 4) is 0 Å². The molecule has 5 nitrogen and oxygen atoms in total. The highest BCUT2D eigenvalue weighted by Gasteiger charge is 2.27. The summed E-state index contributed by atoms with van der Waals surface area (Å²) in [5, 5.41) is 2.76. The van der Waals surface area contributed by atoms with Crippen LogP contribution in [0.4, 0.5) is 13.2 Å². The highest BCUT2D eigenvalue weighted by atomic mass is 19.4. The van der Waals surface area contributed by atoms with E-state index in [4.69, 9.17) is 0 Å². The number of amides is 1. The van der Waals surface area contributed by atoms with E-state index in [-0.39, 0.29) is 18.9 Å². The summed E-state index contributed by atoms with van der Waals surface area (Å²) in [6, 6.07) is 7.93. The molecule has 0 atom stereocenters. The largest absolute Gasteiger partial charge is 0.411 e. The number of nitrogens with one attached hydrogen (secondary N) is 1. The molecular formula is C19H28F3N3O2. The van der Waals surface area contributed by atoms with Crippen LogP contribution in [0.1, 0.15) is 24.5 Å². The van der Waals surface area contributed by atoms with E-state index in [1.54, 1.807) is 0 Å². The fourth-order valence-corrected chi connectivity index (χ4v) is 3.02. The van der Waals surface area contributed by atoms with Crippen molar-refractivity contribution in [1.29, 1.82) is 0 Å². The van der Waals surface area contributed by atoms with Gasteiger partial charge in [-0.15, -0.1) is 0 Å². The van der Waals surface area contributed by atoms with Gasteiger partial charge in [-0.2, -0.15) is 13.2 Å². The van der Waals surface area contributed by atoms with Gasteiger partial charge in [0.05, 0.1) is 6.61 Å². The highest BCUT2D eigenvalue weighted by molar-refractivity contribution is 5.76. The molecule has 1 aliphatic rings. The van der Waals surface area contributed by atoms with Gasteiger partial charge in [-0.1, -0.05) is 31.2 Å². The van der Waals surface area contributed by atoms with E-state index in [1.165, 1.54) is 0 Å². The van der Waals surface area contributed by atoms with Crippen LogP contribution >= 0.6 is 0 Å². The Morgan fingerprint density at radius 1 is 1.11 bits per heavy atom. The topological polar surface area (TPSA) is 44.8 Å². The summed E-state index contributed by atoms with van der Waals surface area (Å²) < 4.78 is 40.5. The first-order valence-electron chi connectivity index (χ1n) is 9.30. The van der Waals surface area contributed by atoms with Crippen LogP contribution in [0.3, 0.4) is 0 Å². The van der Waals surface area contributed by atoms with Crippen LogP contribution in [0.5, 0.6) is 0 Å². The molecule has 1 aromatic rings. The van der Waals surface area contributed by atoms with Gasteiger partial charge >= 0.3 is 6.18 Å². The number of ether oxygens (including phenoxy) is 1. The zero-order valence-electron chi connectivity index (χ0n) is 15.7. The van der Waals surface area contributed by atoms with Crippen molar-refractivity contribution in [3.05, 3.63) is 35.4 Å². The number of likely N-dealkylation sites (N-methyl/N-ethyl adjacent to an activating group) is 1. The number of nitrogens with zero attached hydrogens (tertiary/aromatic N) is 2. The summed E-state index contributed by atoms with van der Waals surface area (Å²) >= 11 is 0. The van der Waals surface area contributed by atoms with Gasteiger partial charge in [0.15, 0.2) is 0 Å².